The van der Waals surface area contributed by atoms with E-state index in [4.69, 9.17) is 27.9 Å². The number of non-ortho nitro benzene ring substituents is 1. The number of carbonyl (C=O) groups is 1. The summed E-state index contributed by atoms with van der Waals surface area (Å²) in [4.78, 5) is 23.8. The van der Waals surface area contributed by atoms with E-state index in [1.54, 1.807) is 42.8 Å². The van der Waals surface area contributed by atoms with Crippen LogP contribution >= 0.6 is 23.2 Å². The van der Waals surface area contributed by atoms with Crippen LogP contribution in [0, 0.1) is 24.0 Å². The average molecular weight is 463 g/mol. The molecule has 0 aliphatic rings. The number of halogens is 2. The van der Waals surface area contributed by atoms with Gasteiger partial charge in [-0.2, -0.15) is 5.10 Å². The largest absolute Gasteiger partial charge is 0.457 e. The summed E-state index contributed by atoms with van der Waals surface area (Å²) >= 11 is 12.1. The van der Waals surface area contributed by atoms with Crippen LogP contribution in [-0.2, 0) is 4.79 Å². The van der Waals surface area contributed by atoms with Crippen molar-refractivity contribution in [3.8, 4) is 11.5 Å². The summed E-state index contributed by atoms with van der Waals surface area (Å²) in [5, 5.41) is 19.5. The molecule has 0 aliphatic heterocycles. The Balaban J connectivity index is 1.89. The van der Waals surface area contributed by atoms with Crippen LogP contribution in [0.2, 0.25) is 10.0 Å². The molecule has 10 heteroatoms. The van der Waals surface area contributed by atoms with Gasteiger partial charge in [-0.15, -0.1) is 0 Å². The highest BCUT2D eigenvalue weighted by Crippen LogP contribution is 2.31. The smallest absolute Gasteiger partial charge is 0.275 e. The van der Waals surface area contributed by atoms with Crippen LogP contribution in [0.5, 0.6) is 11.5 Å². The lowest BCUT2D eigenvalue weighted by Crippen LogP contribution is -2.27. The van der Waals surface area contributed by atoms with E-state index >= 15 is 0 Å². The number of aryl methyl sites for hydroxylation is 1. The van der Waals surface area contributed by atoms with Crippen LogP contribution in [0.1, 0.15) is 30.8 Å². The number of anilines is 1. The molecule has 0 spiro atoms. The molecule has 1 atom stereocenters. The van der Waals surface area contributed by atoms with Gasteiger partial charge in [0, 0.05) is 17.2 Å². The van der Waals surface area contributed by atoms with E-state index < -0.39 is 11.0 Å². The van der Waals surface area contributed by atoms with Crippen LogP contribution in [0.4, 0.5) is 11.4 Å². The highest BCUT2D eigenvalue weighted by molar-refractivity contribution is 6.31. The highest BCUT2D eigenvalue weighted by atomic mass is 35.5. The molecule has 2 aromatic carbocycles. The number of hydrogen-bond acceptors (Lipinski definition) is 5. The van der Waals surface area contributed by atoms with E-state index in [0.29, 0.717) is 33.6 Å². The third-order valence-electron chi connectivity index (χ3n) is 4.64. The van der Waals surface area contributed by atoms with Crippen molar-refractivity contribution < 1.29 is 14.5 Å². The number of carbonyl (C=O) groups excluding carboxylic acids is 1. The maximum Gasteiger partial charge on any atom is 0.275 e. The molecule has 1 aromatic heterocycles. The number of ether oxygens (including phenoxy) is 1. The molecule has 31 heavy (non-hydrogen) atoms. The summed E-state index contributed by atoms with van der Waals surface area (Å²) in [5.41, 5.74) is 1.31. The minimum Gasteiger partial charge on any atom is -0.457 e. The molecular formula is C21H20Cl2N4O4. The maximum absolute atomic E-state index is 13.0. The molecule has 1 N–H and O–H groups in total. The van der Waals surface area contributed by atoms with Crippen molar-refractivity contribution in [2.75, 3.05) is 5.32 Å². The van der Waals surface area contributed by atoms with Crippen molar-refractivity contribution in [3.05, 3.63) is 74.0 Å². The van der Waals surface area contributed by atoms with Crippen LogP contribution < -0.4 is 10.1 Å². The third kappa shape index (κ3) is 5.15. The van der Waals surface area contributed by atoms with Crippen LogP contribution in [0.15, 0.2) is 42.5 Å². The maximum atomic E-state index is 13.0. The van der Waals surface area contributed by atoms with Crippen molar-refractivity contribution in [1.82, 2.24) is 9.78 Å². The summed E-state index contributed by atoms with van der Waals surface area (Å²) < 4.78 is 7.27. The van der Waals surface area contributed by atoms with Crippen LogP contribution in [0.3, 0.4) is 0 Å². The fourth-order valence-corrected chi connectivity index (χ4v) is 3.35. The summed E-state index contributed by atoms with van der Waals surface area (Å²) in [6.07, 6.45) is 0.452. The Morgan fingerprint density at radius 1 is 1.19 bits per heavy atom. The van der Waals surface area contributed by atoms with E-state index in [9.17, 15) is 14.9 Å². The monoisotopic (exact) mass is 462 g/mol. The van der Waals surface area contributed by atoms with Gasteiger partial charge in [0.2, 0.25) is 5.91 Å². The molecule has 0 bridgehead atoms. The van der Waals surface area contributed by atoms with Gasteiger partial charge in [0.25, 0.3) is 5.69 Å². The first kappa shape index (κ1) is 22.6. The molecule has 0 saturated carbocycles. The number of nitrogens with one attached hydrogen (secondary N) is 1. The summed E-state index contributed by atoms with van der Waals surface area (Å²) in [7, 11) is 0. The minimum atomic E-state index is -0.633. The van der Waals surface area contributed by atoms with E-state index in [2.05, 4.69) is 10.4 Å². The molecule has 0 saturated heterocycles. The summed E-state index contributed by atoms with van der Waals surface area (Å²) in [6.45, 7) is 5.39. The second-order valence-electron chi connectivity index (χ2n) is 6.87. The number of hydrogen-bond donors (Lipinski definition) is 1. The Morgan fingerprint density at radius 3 is 2.42 bits per heavy atom. The topological polar surface area (TPSA) is 99.3 Å². The molecule has 0 radical (unpaired) electrons. The number of benzene rings is 2. The van der Waals surface area contributed by atoms with E-state index in [0.717, 1.165) is 0 Å². The van der Waals surface area contributed by atoms with E-state index in [-0.39, 0.29) is 23.0 Å². The summed E-state index contributed by atoms with van der Waals surface area (Å²) in [5.74, 6) is 0.280. The van der Waals surface area contributed by atoms with Gasteiger partial charge in [-0.25, -0.2) is 0 Å². The lowest BCUT2D eigenvalue weighted by molar-refractivity contribution is -0.384. The predicted molar refractivity (Wildman–Crippen MR) is 119 cm³/mol. The van der Waals surface area contributed by atoms with Gasteiger partial charge in [-0.3, -0.25) is 19.6 Å². The van der Waals surface area contributed by atoms with Gasteiger partial charge in [-0.1, -0.05) is 30.1 Å². The van der Waals surface area contributed by atoms with Gasteiger partial charge in [0.15, 0.2) is 0 Å². The van der Waals surface area contributed by atoms with E-state index in [1.807, 2.05) is 6.92 Å². The first-order valence-electron chi connectivity index (χ1n) is 9.44. The predicted octanol–water partition coefficient (Wildman–Crippen LogP) is 6.10. The fraction of sp³-hybridized carbons (Fsp3) is 0.238. The SMILES string of the molecule is CCC(C(=O)Nc1cc(Oc2ccc(Cl)cc2)cc([N+](=O)[O-])c1)n1nc(C)c(Cl)c1C. The Kier molecular flexibility index (Phi) is 6.82. The summed E-state index contributed by atoms with van der Waals surface area (Å²) in [6, 6.07) is 9.99. The first-order valence-corrected chi connectivity index (χ1v) is 10.2. The van der Waals surface area contributed by atoms with Gasteiger partial charge in [0.05, 0.1) is 33.1 Å². The standard InChI is InChI=1S/C21H20Cl2N4O4/c1-4-19(26-13(3)20(23)12(2)25-26)21(28)24-15-9-16(27(29)30)11-18(10-15)31-17-7-5-14(22)6-8-17/h5-11,19H,4H2,1-3H3,(H,24,28). The zero-order chi connectivity index (χ0) is 22.7. The Labute approximate surface area is 188 Å². The Hall–Kier alpha value is -3.10. The normalized spacial score (nSPS) is 11.8. The number of amides is 1. The molecule has 0 aliphatic carbocycles. The minimum absolute atomic E-state index is 0.203. The number of nitrogens with zero attached hydrogens (tertiary/aromatic N) is 3. The molecule has 1 heterocycles. The average Bonchev–Trinajstić information content (AvgIpc) is 2.97. The Morgan fingerprint density at radius 2 is 1.87 bits per heavy atom. The molecule has 0 fully saturated rings. The second-order valence-corrected chi connectivity index (χ2v) is 7.69. The zero-order valence-electron chi connectivity index (χ0n) is 17.1. The van der Waals surface area contributed by atoms with Crippen molar-refractivity contribution >= 4 is 40.5 Å². The lowest BCUT2D eigenvalue weighted by Gasteiger charge is -2.17. The van der Waals surface area contributed by atoms with Crippen molar-refractivity contribution in [2.24, 2.45) is 0 Å². The first-order chi connectivity index (χ1) is 14.7. The quantitative estimate of drug-likeness (QED) is 0.337. The van der Waals surface area contributed by atoms with Crippen LogP contribution in [0.25, 0.3) is 0 Å². The van der Waals surface area contributed by atoms with Crippen molar-refractivity contribution in [2.45, 2.75) is 33.2 Å². The molecule has 162 valence electrons. The highest BCUT2D eigenvalue weighted by Gasteiger charge is 2.24. The van der Waals surface area contributed by atoms with Gasteiger partial charge < -0.3 is 10.1 Å². The number of rotatable bonds is 7. The third-order valence-corrected chi connectivity index (χ3v) is 5.44. The fourth-order valence-electron chi connectivity index (χ4n) is 3.10. The zero-order valence-corrected chi connectivity index (χ0v) is 18.6. The Bertz CT molecular complexity index is 1130. The number of nitro groups is 1. The van der Waals surface area contributed by atoms with Gasteiger partial charge in [0.1, 0.15) is 17.5 Å². The van der Waals surface area contributed by atoms with E-state index in [1.165, 1.54) is 18.2 Å². The molecular weight excluding hydrogens is 443 g/mol. The van der Waals surface area contributed by atoms with Crippen molar-refractivity contribution in [3.63, 3.8) is 0 Å². The van der Waals surface area contributed by atoms with Gasteiger partial charge in [-0.05, 0) is 44.5 Å². The lowest BCUT2D eigenvalue weighted by atomic mass is 10.2. The number of aromatic nitrogens is 2. The second kappa shape index (κ2) is 9.36. The van der Waals surface area contributed by atoms with Crippen LogP contribution in [-0.4, -0.2) is 20.6 Å². The molecule has 3 rings (SSSR count). The number of nitro benzene ring substituents is 1. The molecule has 1 amide bonds. The molecule has 8 nitrogen and oxygen atoms in total. The van der Waals surface area contributed by atoms with Gasteiger partial charge >= 0.3 is 0 Å². The molecule has 3 aromatic rings. The van der Waals surface area contributed by atoms with Crippen molar-refractivity contribution in [1.29, 1.82) is 0 Å². The molecule has 1 unspecified atom stereocenters.